The average Bonchev–Trinajstić information content (AvgIpc) is 2.47. The van der Waals surface area contributed by atoms with Crippen LogP contribution in [-0.2, 0) is 0 Å². The summed E-state index contributed by atoms with van der Waals surface area (Å²) in [4.78, 5) is 12.3. The second-order valence-corrected chi connectivity index (χ2v) is 5.13. The molecule has 0 aliphatic heterocycles. The lowest BCUT2D eigenvalue weighted by Crippen LogP contribution is -2.43. The van der Waals surface area contributed by atoms with Gasteiger partial charge in [-0.1, -0.05) is 40.4 Å². The molecule has 0 heterocycles. The van der Waals surface area contributed by atoms with Gasteiger partial charge in [-0.25, -0.2) is 4.79 Å². The Morgan fingerprint density at radius 1 is 0.842 bits per heavy atom. The second kappa shape index (κ2) is 5.80. The predicted molar refractivity (Wildman–Crippen MR) is 79.1 cm³/mol. The van der Waals surface area contributed by atoms with Crippen LogP contribution < -0.4 is 4.00 Å². The molecule has 2 rings (SSSR count). The number of nitrogens with zero attached hydrogens (tertiary/aromatic N) is 2. The first-order valence-corrected chi connectivity index (χ1v) is 6.44. The van der Waals surface area contributed by atoms with Crippen molar-refractivity contribution in [3.05, 3.63) is 60.7 Å². The van der Waals surface area contributed by atoms with Gasteiger partial charge < -0.3 is 0 Å². The van der Waals surface area contributed by atoms with Gasteiger partial charge >= 0.3 is 6.03 Å². The molecule has 19 heavy (non-hydrogen) atoms. The monoisotopic (exact) mass is 315 g/mol. The highest BCUT2D eigenvalue weighted by Crippen LogP contribution is 2.39. The fourth-order valence-corrected chi connectivity index (χ4v) is 2.35. The number of rotatable bonds is 2. The van der Waals surface area contributed by atoms with Crippen LogP contribution in [-0.4, -0.2) is 9.97 Å². The number of carbonyl (C=O) groups is 1. The van der Waals surface area contributed by atoms with E-state index in [9.17, 15) is 4.79 Å². The summed E-state index contributed by atoms with van der Waals surface area (Å²) in [5.74, 6) is 0. The van der Waals surface area contributed by atoms with Gasteiger partial charge in [-0.2, -0.15) is 0 Å². The van der Waals surface area contributed by atoms with Gasteiger partial charge in [-0.3, -0.25) is 0 Å². The lowest BCUT2D eigenvalue weighted by Gasteiger charge is -2.25. The standard InChI is InChI=1S/C13H10Cl3N2O/c14-17(15)13(19)18(16,11-7-3-1-4-8-11)12-9-5-2-6-10-12/h1-10H/q+1. The number of amides is 2. The van der Waals surface area contributed by atoms with Crippen LogP contribution in [0.1, 0.15) is 0 Å². The molecular formula is C13H10Cl3N2O+. The maximum Gasteiger partial charge on any atom is 0.477 e. The summed E-state index contributed by atoms with van der Waals surface area (Å²) in [7, 11) is 0. The molecule has 0 bridgehead atoms. The van der Waals surface area contributed by atoms with Crippen molar-refractivity contribution in [3.63, 3.8) is 0 Å². The lowest BCUT2D eigenvalue weighted by atomic mass is 10.2. The third-order valence-corrected chi connectivity index (χ3v) is 3.46. The molecule has 0 fully saturated rings. The van der Waals surface area contributed by atoms with Crippen LogP contribution >= 0.6 is 35.3 Å². The molecule has 0 radical (unpaired) electrons. The van der Waals surface area contributed by atoms with E-state index in [0.717, 1.165) is 0 Å². The minimum atomic E-state index is -0.678. The van der Waals surface area contributed by atoms with Crippen LogP contribution in [0.25, 0.3) is 0 Å². The Labute approximate surface area is 126 Å². The molecule has 0 unspecified atom stereocenters. The number of hydrogen-bond acceptors (Lipinski definition) is 1. The highest BCUT2D eigenvalue weighted by atomic mass is 35.5. The van der Waals surface area contributed by atoms with Crippen molar-refractivity contribution in [2.75, 3.05) is 0 Å². The topological polar surface area (TPSA) is 20.3 Å². The number of para-hydroxylation sites is 2. The van der Waals surface area contributed by atoms with Crippen LogP contribution in [0.5, 0.6) is 0 Å². The third kappa shape index (κ3) is 2.69. The predicted octanol–water partition coefficient (Wildman–Crippen LogP) is 5.21. The van der Waals surface area contributed by atoms with Gasteiger partial charge in [0.15, 0.2) is 23.2 Å². The van der Waals surface area contributed by atoms with Gasteiger partial charge in [-0.05, 0) is 0 Å². The molecule has 3 nitrogen and oxygen atoms in total. The Hall–Kier alpha value is -1.26. The highest BCUT2D eigenvalue weighted by molar-refractivity contribution is 6.46. The van der Waals surface area contributed by atoms with Crippen molar-refractivity contribution >= 4 is 52.7 Å². The van der Waals surface area contributed by atoms with Gasteiger partial charge in [-0.15, -0.1) is 3.94 Å². The van der Waals surface area contributed by atoms with E-state index in [2.05, 4.69) is 0 Å². The summed E-state index contributed by atoms with van der Waals surface area (Å²) in [6.45, 7) is 0. The smallest absolute Gasteiger partial charge is 0.201 e. The summed E-state index contributed by atoms with van der Waals surface area (Å²) >= 11 is 17.6. The van der Waals surface area contributed by atoms with Gasteiger partial charge in [0, 0.05) is 47.8 Å². The van der Waals surface area contributed by atoms with Crippen LogP contribution in [0.4, 0.5) is 16.2 Å². The fourth-order valence-electron chi connectivity index (χ4n) is 1.74. The fraction of sp³-hybridized carbons (Fsp3) is 0. The first kappa shape index (κ1) is 14.2. The van der Waals surface area contributed by atoms with E-state index in [-0.39, 0.29) is 0 Å². The van der Waals surface area contributed by atoms with Crippen molar-refractivity contribution in [2.24, 2.45) is 0 Å². The molecule has 2 aromatic rings. The van der Waals surface area contributed by atoms with Gasteiger partial charge in [0.25, 0.3) is 0 Å². The average molecular weight is 317 g/mol. The number of carbonyl (C=O) groups excluding carboxylic acids is 1. The van der Waals surface area contributed by atoms with E-state index in [1.165, 1.54) is 0 Å². The van der Waals surface area contributed by atoms with Gasteiger partial charge in [0.1, 0.15) is 0 Å². The first-order chi connectivity index (χ1) is 9.06. The van der Waals surface area contributed by atoms with Crippen LogP contribution in [0.2, 0.25) is 0 Å². The highest BCUT2D eigenvalue weighted by Gasteiger charge is 2.45. The van der Waals surface area contributed by atoms with E-state index >= 15 is 0 Å². The van der Waals surface area contributed by atoms with Gasteiger partial charge in [0.05, 0.1) is 0 Å². The zero-order valence-electron chi connectivity index (χ0n) is 9.71. The Bertz CT molecular complexity index is 521. The van der Waals surface area contributed by atoms with E-state index in [1.807, 2.05) is 12.1 Å². The number of hydrogen-bond donors (Lipinski definition) is 0. The zero-order valence-corrected chi connectivity index (χ0v) is 12.0. The molecule has 0 spiro atoms. The zero-order chi connectivity index (χ0) is 13.9. The van der Waals surface area contributed by atoms with E-state index in [1.54, 1.807) is 48.5 Å². The quantitative estimate of drug-likeness (QED) is 0.697. The summed E-state index contributed by atoms with van der Waals surface area (Å²) in [6, 6.07) is 17.1. The number of urea groups is 1. The van der Waals surface area contributed by atoms with Crippen LogP contribution in [0.15, 0.2) is 60.7 Å². The Morgan fingerprint density at radius 2 is 1.21 bits per heavy atom. The Balaban J connectivity index is 2.61. The molecule has 2 aromatic carbocycles. The summed E-state index contributed by atoms with van der Waals surface area (Å²) in [6.07, 6.45) is 0. The molecule has 0 saturated carbocycles. The van der Waals surface area contributed by atoms with Crippen molar-refractivity contribution in [1.29, 1.82) is 0 Å². The minimum Gasteiger partial charge on any atom is -0.201 e. The maximum atomic E-state index is 12.3. The lowest BCUT2D eigenvalue weighted by molar-refractivity contribution is 0.228. The van der Waals surface area contributed by atoms with Crippen LogP contribution in [0.3, 0.4) is 0 Å². The van der Waals surface area contributed by atoms with Crippen molar-refractivity contribution in [1.82, 2.24) is 7.94 Å². The minimum absolute atomic E-state index is 0.438. The van der Waals surface area contributed by atoms with E-state index < -0.39 is 10.0 Å². The van der Waals surface area contributed by atoms with E-state index in [0.29, 0.717) is 15.3 Å². The summed E-state index contributed by atoms with van der Waals surface area (Å²) in [5, 5.41) is 0. The third-order valence-electron chi connectivity index (χ3n) is 2.63. The molecule has 6 heteroatoms. The van der Waals surface area contributed by atoms with Crippen LogP contribution in [0, 0.1) is 0 Å². The molecule has 98 valence electrons. The Kier molecular flexibility index (Phi) is 4.32. The molecule has 0 aliphatic rings. The second-order valence-electron chi connectivity index (χ2n) is 3.78. The summed E-state index contributed by atoms with van der Waals surface area (Å²) < 4.78 is -0.221. The normalized spacial score (nSPS) is 11.1. The Morgan fingerprint density at radius 3 is 1.53 bits per heavy atom. The molecule has 0 N–H and O–H groups in total. The summed E-state index contributed by atoms with van der Waals surface area (Å²) in [5.41, 5.74) is 1.10. The number of halogens is 3. The molecule has 0 atom stereocenters. The molecule has 0 aromatic heterocycles. The molecule has 0 saturated heterocycles. The van der Waals surface area contributed by atoms with Crippen molar-refractivity contribution in [2.45, 2.75) is 0 Å². The van der Waals surface area contributed by atoms with Gasteiger partial charge in [0.2, 0.25) is 0 Å². The SMILES string of the molecule is O=C(N(Cl)Cl)[N+](Cl)(c1ccccc1)c1ccccc1. The molecule has 0 aliphatic carbocycles. The maximum absolute atomic E-state index is 12.3. The molecular weight excluding hydrogens is 307 g/mol. The first-order valence-electron chi connectivity index (χ1n) is 5.43. The largest absolute Gasteiger partial charge is 0.477 e. The number of quaternary nitrogens is 1. The van der Waals surface area contributed by atoms with Crippen molar-refractivity contribution in [3.8, 4) is 0 Å². The number of benzene rings is 2. The van der Waals surface area contributed by atoms with E-state index in [4.69, 9.17) is 35.3 Å². The molecule has 2 amide bonds. The van der Waals surface area contributed by atoms with Crippen molar-refractivity contribution < 1.29 is 4.79 Å².